The van der Waals surface area contributed by atoms with Gasteiger partial charge in [-0.3, -0.25) is 14.6 Å². The van der Waals surface area contributed by atoms with Gasteiger partial charge in [0.05, 0.1) is 29.0 Å². The largest absolute Gasteiger partial charge is 0.355 e. The Hall–Kier alpha value is -2.77. The van der Waals surface area contributed by atoms with Gasteiger partial charge in [0.15, 0.2) is 0 Å². The number of nitrogens with zero attached hydrogens (tertiary/aromatic N) is 2. The van der Waals surface area contributed by atoms with E-state index in [4.69, 9.17) is 11.6 Å². The maximum absolute atomic E-state index is 12.1. The molecule has 0 saturated carbocycles. The molecule has 1 aromatic carbocycles. The van der Waals surface area contributed by atoms with Gasteiger partial charge in [-0.1, -0.05) is 29.8 Å². The molecule has 0 aliphatic heterocycles. The molecule has 2 aromatic heterocycles. The van der Waals surface area contributed by atoms with Gasteiger partial charge in [-0.25, -0.2) is 4.98 Å². The summed E-state index contributed by atoms with van der Waals surface area (Å²) in [6.45, 7) is 0.256. The minimum Gasteiger partial charge on any atom is -0.355 e. The van der Waals surface area contributed by atoms with E-state index in [2.05, 4.69) is 20.6 Å². The van der Waals surface area contributed by atoms with Gasteiger partial charge < -0.3 is 10.6 Å². The van der Waals surface area contributed by atoms with Crippen LogP contribution in [0, 0.1) is 0 Å². The Labute approximate surface area is 165 Å². The summed E-state index contributed by atoms with van der Waals surface area (Å²) in [6.07, 6.45) is 3.54. The van der Waals surface area contributed by atoms with Gasteiger partial charge in [0, 0.05) is 30.1 Å². The fourth-order valence-electron chi connectivity index (χ4n) is 2.35. The number of halogens is 1. The van der Waals surface area contributed by atoms with Crippen LogP contribution < -0.4 is 10.6 Å². The van der Waals surface area contributed by atoms with E-state index in [-0.39, 0.29) is 31.2 Å². The van der Waals surface area contributed by atoms with Gasteiger partial charge in [0.2, 0.25) is 11.8 Å². The molecular weight excluding hydrogens is 384 g/mol. The molecule has 0 spiro atoms. The van der Waals surface area contributed by atoms with Crippen molar-refractivity contribution in [3.8, 4) is 10.6 Å². The molecule has 0 bridgehead atoms. The second kappa shape index (κ2) is 9.25. The predicted octanol–water partition coefficient (Wildman–Crippen LogP) is 3.55. The van der Waals surface area contributed by atoms with Crippen LogP contribution in [-0.2, 0) is 16.0 Å². The van der Waals surface area contributed by atoms with Crippen molar-refractivity contribution in [3.63, 3.8) is 0 Å². The SMILES string of the molecule is O=C(Cc1csc(-c2ccccc2Cl)n1)NCCC(=O)Nc1cccnc1. The van der Waals surface area contributed by atoms with Crippen molar-refractivity contribution < 1.29 is 9.59 Å². The van der Waals surface area contributed by atoms with E-state index in [0.29, 0.717) is 16.4 Å². The number of hydrogen-bond acceptors (Lipinski definition) is 5. The molecule has 27 heavy (non-hydrogen) atoms. The second-order valence-electron chi connectivity index (χ2n) is 5.69. The van der Waals surface area contributed by atoms with Crippen molar-refractivity contribution in [2.45, 2.75) is 12.8 Å². The van der Waals surface area contributed by atoms with Crippen LogP contribution in [0.3, 0.4) is 0 Å². The quantitative estimate of drug-likeness (QED) is 0.635. The smallest absolute Gasteiger partial charge is 0.226 e. The second-order valence-corrected chi connectivity index (χ2v) is 6.96. The summed E-state index contributed by atoms with van der Waals surface area (Å²) < 4.78 is 0. The number of aromatic nitrogens is 2. The summed E-state index contributed by atoms with van der Waals surface area (Å²) >= 11 is 7.62. The van der Waals surface area contributed by atoms with E-state index in [1.54, 1.807) is 30.6 Å². The van der Waals surface area contributed by atoms with Crippen LogP contribution in [-0.4, -0.2) is 28.3 Å². The predicted molar refractivity (Wildman–Crippen MR) is 107 cm³/mol. The molecule has 0 unspecified atom stereocenters. The molecule has 0 atom stereocenters. The first-order valence-electron chi connectivity index (χ1n) is 8.27. The molecule has 6 nitrogen and oxygen atoms in total. The Morgan fingerprint density at radius 1 is 1.11 bits per heavy atom. The highest BCUT2D eigenvalue weighted by Gasteiger charge is 2.11. The number of carbonyl (C=O) groups is 2. The number of hydrogen-bond donors (Lipinski definition) is 2. The molecule has 8 heteroatoms. The number of benzene rings is 1. The highest BCUT2D eigenvalue weighted by atomic mass is 35.5. The van der Waals surface area contributed by atoms with Crippen LogP contribution in [0.25, 0.3) is 10.6 Å². The van der Waals surface area contributed by atoms with E-state index in [9.17, 15) is 9.59 Å². The van der Waals surface area contributed by atoms with Crippen molar-refractivity contribution in [3.05, 3.63) is 64.9 Å². The zero-order valence-electron chi connectivity index (χ0n) is 14.3. The number of thiazole rings is 1. The lowest BCUT2D eigenvalue weighted by molar-refractivity contribution is -0.120. The number of anilines is 1. The Kier molecular flexibility index (Phi) is 6.51. The molecule has 0 saturated heterocycles. The van der Waals surface area contributed by atoms with Crippen molar-refractivity contribution >= 4 is 40.4 Å². The van der Waals surface area contributed by atoms with Crippen LogP contribution in [0.4, 0.5) is 5.69 Å². The van der Waals surface area contributed by atoms with E-state index in [1.807, 2.05) is 23.6 Å². The van der Waals surface area contributed by atoms with Gasteiger partial charge in [-0.05, 0) is 18.2 Å². The highest BCUT2D eigenvalue weighted by molar-refractivity contribution is 7.13. The fraction of sp³-hybridized carbons (Fsp3) is 0.158. The Bertz CT molecular complexity index is 930. The van der Waals surface area contributed by atoms with Crippen LogP contribution in [0.15, 0.2) is 54.2 Å². The minimum atomic E-state index is -0.182. The monoisotopic (exact) mass is 400 g/mol. The van der Waals surface area contributed by atoms with Gasteiger partial charge in [-0.15, -0.1) is 11.3 Å². The summed E-state index contributed by atoms with van der Waals surface area (Å²) in [6, 6.07) is 10.9. The lowest BCUT2D eigenvalue weighted by Gasteiger charge is -2.06. The third kappa shape index (κ3) is 5.60. The zero-order chi connectivity index (χ0) is 19.1. The first kappa shape index (κ1) is 19.0. The molecule has 3 rings (SSSR count). The van der Waals surface area contributed by atoms with Crippen molar-refractivity contribution in [2.24, 2.45) is 0 Å². The lowest BCUT2D eigenvalue weighted by Crippen LogP contribution is -2.29. The van der Waals surface area contributed by atoms with Gasteiger partial charge in [0.25, 0.3) is 0 Å². The Balaban J connectivity index is 1.45. The van der Waals surface area contributed by atoms with Crippen LogP contribution >= 0.6 is 22.9 Å². The van der Waals surface area contributed by atoms with E-state index in [0.717, 1.165) is 10.6 Å². The van der Waals surface area contributed by atoms with E-state index >= 15 is 0 Å². The third-order valence-corrected chi connectivity index (χ3v) is 4.87. The van der Waals surface area contributed by atoms with Crippen LogP contribution in [0.5, 0.6) is 0 Å². The number of pyridine rings is 1. The molecule has 138 valence electrons. The lowest BCUT2D eigenvalue weighted by atomic mass is 10.2. The Morgan fingerprint density at radius 3 is 2.74 bits per heavy atom. The number of carbonyl (C=O) groups excluding carboxylic acids is 2. The first-order chi connectivity index (χ1) is 13.1. The topological polar surface area (TPSA) is 84.0 Å². The van der Waals surface area contributed by atoms with E-state index in [1.165, 1.54) is 11.3 Å². The normalized spacial score (nSPS) is 10.4. The minimum absolute atomic E-state index is 0.158. The first-order valence-corrected chi connectivity index (χ1v) is 9.53. The summed E-state index contributed by atoms with van der Waals surface area (Å²) in [5.41, 5.74) is 2.15. The Morgan fingerprint density at radius 2 is 1.96 bits per heavy atom. The molecule has 0 radical (unpaired) electrons. The molecule has 3 aromatic rings. The molecule has 0 fully saturated rings. The van der Waals surface area contributed by atoms with E-state index < -0.39 is 0 Å². The average molecular weight is 401 g/mol. The van der Waals surface area contributed by atoms with Gasteiger partial charge in [0.1, 0.15) is 5.01 Å². The highest BCUT2D eigenvalue weighted by Crippen LogP contribution is 2.30. The standard InChI is InChI=1S/C19H17ClN4O2S/c20-16-6-2-1-5-15(16)19-24-14(12-27-19)10-18(26)22-9-7-17(25)23-13-4-3-8-21-11-13/h1-6,8,11-12H,7,9-10H2,(H,22,26)(H,23,25). The van der Waals surface area contributed by atoms with Crippen molar-refractivity contribution in [1.29, 1.82) is 0 Å². The maximum atomic E-state index is 12.1. The van der Waals surface area contributed by atoms with Crippen LogP contribution in [0.1, 0.15) is 12.1 Å². The number of amides is 2. The molecule has 2 N–H and O–H groups in total. The molecule has 2 amide bonds. The molecule has 0 aliphatic rings. The maximum Gasteiger partial charge on any atom is 0.226 e. The summed E-state index contributed by atoms with van der Waals surface area (Å²) in [5.74, 6) is -0.363. The van der Waals surface area contributed by atoms with Crippen molar-refractivity contribution in [2.75, 3.05) is 11.9 Å². The number of rotatable bonds is 7. The number of nitrogens with one attached hydrogen (secondary N) is 2. The molecule has 2 heterocycles. The zero-order valence-corrected chi connectivity index (χ0v) is 15.9. The molecule has 0 aliphatic carbocycles. The average Bonchev–Trinajstić information content (AvgIpc) is 3.11. The van der Waals surface area contributed by atoms with Crippen LogP contribution in [0.2, 0.25) is 5.02 Å². The molecular formula is C19H17ClN4O2S. The summed E-state index contributed by atoms with van der Waals surface area (Å²) in [4.78, 5) is 32.3. The fourth-order valence-corrected chi connectivity index (χ4v) is 3.49. The summed E-state index contributed by atoms with van der Waals surface area (Å²) in [7, 11) is 0. The van der Waals surface area contributed by atoms with Crippen molar-refractivity contribution in [1.82, 2.24) is 15.3 Å². The third-order valence-electron chi connectivity index (χ3n) is 3.62. The van der Waals surface area contributed by atoms with Gasteiger partial charge >= 0.3 is 0 Å². The van der Waals surface area contributed by atoms with Gasteiger partial charge in [-0.2, -0.15) is 0 Å². The summed E-state index contributed by atoms with van der Waals surface area (Å²) in [5, 5.41) is 8.69.